The molecule has 0 bridgehead atoms. The molecule has 0 aliphatic heterocycles. The van der Waals surface area contributed by atoms with Crippen molar-refractivity contribution in [3.63, 3.8) is 0 Å². The van der Waals surface area contributed by atoms with Crippen LogP contribution in [0.25, 0.3) is 11.1 Å². The Morgan fingerprint density at radius 2 is 0.759 bits per heavy atom. The summed E-state index contributed by atoms with van der Waals surface area (Å²) in [5.41, 5.74) is 5.28. The summed E-state index contributed by atoms with van der Waals surface area (Å²) in [7, 11) is -0.677. The maximum atomic E-state index is 11.8. The highest BCUT2D eigenvalue weighted by atomic mass is 32.2. The van der Waals surface area contributed by atoms with Gasteiger partial charge in [0, 0.05) is 27.7 Å². The maximum absolute atomic E-state index is 11.8. The van der Waals surface area contributed by atoms with Gasteiger partial charge in [0.15, 0.2) is 14.7 Å². The Balaban J connectivity index is 1.46. The van der Waals surface area contributed by atoms with Crippen molar-refractivity contribution in [1.82, 2.24) is 0 Å². The summed E-state index contributed by atoms with van der Waals surface area (Å²) in [6, 6.07) is 45.0. The number of benzene rings is 6. The molecule has 0 spiro atoms. The first-order valence-corrected chi connectivity index (χ1v) is 18.4. The second-order valence-corrected chi connectivity index (χ2v) is 14.7. The zero-order valence-corrected chi connectivity index (χ0v) is 30.8. The molecule has 7 rings (SSSR count). The second kappa shape index (κ2) is 14.9. The smallest absolute Gasteiger partial charge is 0.308 e. The van der Waals surface area contributed by atoms with E-state index in [1.54, 1.807) is 48.5 Å². The number of fused-ring (bicyclic) bond motifs is 3. The number of hydrogen-bond donors (Lipinski definition) is 0. The molecule has 1 aliphatic carbocycles. The number of carbonyl (C=O) groups is 4. The number of esters is 4. The topological polar surface area (TPSA) is 105 Å². The van der Waals surface area contributed by atoms with Crippen LogP contribution in [0.1, 0.15) is 49.9 Å². The van der Waals surface area contributed by atoms with E-state index in [4.69, 9.17) is 18.9 Å². The predicted molar refractivity (Wildman–Crippen MR) is 204 cm³/mol. The molecule has 8 nitrogen and oxygen atoms in total. The minimum absolute atomic E-state index is 0.404. The number of rotatable bonds is 9. The molecule has 0 unspecified atom stereocenters. The predicted octanol–water partition coefficient (Wildman–Crippen LogP) is 8.85. The summed E-state index contributed by atoms with van der Waals surface area (Å²) in [5.74, 6) is 0.126. The summed E-state index contributed by atoms with van der Waals surface area (Å²) < 4.78 is 21.6. The van der Waals surface area contributed by atoms with Gasteiger partial charge in [-0.15, -0.1) is 0 Å². The lowest BCUT2D eigenvalue weighted by Crippen LogP contribution is -2.29. The van der Waals surface area contributed by atoms with Gasteiger partial charge >= 0.3 is 23.9 Å². The van der Waals surface area contributed by atoms with Gasteiger partial charge < -0.3 is 18.9 Å². The molecule has 0 fully saturated rings. The van der Waals surface area contributed by atoms with E-state index in [2.05, 4.69) is 30.3 Å². The fourth-order valence-electron chi connectivity index (χ4n) is 7.08. The van der Waals surface area contributed by atoms with E-state index in [1.807, 2.05) is 60.7 Å². The van der Waals surface area contributed by atoms with E-state index in [0.717, 1.165) is 48.1 Å². The molecule has 0 radical (unpaired) electrons. The maximum Gasteiger partial charge on any atom is 0.308 e. The molecule has 9 heteroatoms. The normalized spacial score (nSPS) is 12.3. The molecule has 0 amide bonds. The molecular weight excluding hydrogens is 701 g/mol. The van der Waals surface area contributed by atoms with Gasteiger partial charge in [0.05, 0.1) is 16.3 Å². The molecule has 6 aromatic rings. The highest BCUT2D eigenvalue weighted by Gasteiger charge is 2.47. The second-order valence-electron chi connectivity index (χ2n) is 12.7. The van der Waals surface area contributed by atoms with E-state index in [0.29, 0.717) is 23.0 Å². The van der Waals surface area contributed by atoms with Crippen LogP contribution in [0.3, 0.4) is 0 Å². The average Bonchev–Trinajstić information content (AvgIpc) is 3.43. The number of carbonyl (C=O) groups excluding carboxylic acids is 4. The standard InChI is InChI=1S/C45H35O8S/c1-28(46)50-34-13-9-32(10-14-34)45(33-11-15-35(16-12-33)51-29(2)47)43-8-6-5-7-41(43)42-26-25-40(27-44(42)45)54(38-21-17-36(18-22-38)52-30(3)48)39-23-19-37(20-24-39)53-31(4)49/h5-27H,1-4H3/q+1. The Kier molecular flexibility index (Phi) is 9.90. The van der Waals surface area contributed by atoms with Gasteiger partial charge in [0.2, 0.25) is 0 Å². The monoisotopic (exact) mass is 735 g/mol. The highest BCUT2D eigenvalue weighted by molar-refractivity contribution is 7.97. The Morgan fingerprint density at radius 1 is 0.407 bits per heavy atom. The largest absolute Gasteiger partial charge is 0.427 e. The first-order chi connectivity index (χ1) is 26.0. The first-order valence-electron chi connectivity index (χ1n) is 17.2. The lowest BCUT2D eigenvalue weighted by Gasteiger charge is -2.34. The fraction of sp³-hybridized carbons (Fsp3) is 0.111. The molecule has 0 heterocycles. The van der Waals surface area contributed by atoms with Crippen LogP contribution in [0.2, 0.25) is 0 Å². The van der Waals surface area contributed by atoms with E-state index < -0.39 is 40.2 Å². The van der Waals surface area contributed by atoms with Gasteiger partial charge in [-0.25, -0.2) is 0 Å². The van der Waals surface area contributed by atoms with Crippen molar-refractivity contribution in [2.24, 2.45) is 0 Å². The van der Waals surface area contributed by atoms with Gasteiger partial charge in [0.25, 0.3) is 0 Å². The third kappa shape index (κ3) is 7.01. The quantitative estimate of drug-likeness (QED) is 0.0823. The van der Waals surface area contributed by atoms with Crippen LogP contribution in [0, 0.1) is 0 Å². The van der Waals surface area contributed by atoms with Crippen molar-refractivity contribution in [2.75, 3.05) is 0 Å². The summed E-state index contributed by atoms with van der Waals surface area (Å²) in [5, 5.41) is 0. The molecule has 0 saturated heterocycles. The Hall–Kier alpha value is -6.45. The molecule has 0 saturated carbocycles. The van der Waals surface area contributed by atoms with Crippen molar-refractivity contribution in [1.29, 1.82) is 0 Å². The lowest BCUT2D eigenvalue weighted by atomic mass is 9.67. The average molecular weight is 736 g/mol. The van der Waals surface area contributed by atoms with Crippen molar-refractivity contribution >= 4 is 34.8 Å². The summed E-state index contributed by atoms with van der Waals surface area (Å²) in [4.78, 5) is 50.1. The van der Waals surface area contributed by atoms with Crippen LogP contribution >= 0.6 is 0 Å². The van der Waals surface area contributed by atoms with Crippen molar-refractivity contribution in [2.45, 2.75) is 47.8 Å². The summed E-state index contributed by atoms with van der Waals surface area (Å²) >= 11 is 0. The van der Waals surface area contributed by atoms with E-state index in [1.165, 1.54) is 27.7 Å². The van der Waals surface area contributed by atoms with Gasteiger partial charge in [0.1, 0.15) is 23.0 Å². The summed E-state index contributed by atoms with van der Waals surface area (Å²) in [6.07, 6.45) is 0. The minimum atomic E-state index is -0.834. The van der Waals surface area contributed by atoms with Gasteiger partial charge in [-0.1, -0.05) is 48.5 Å². The Labute approximate surface area is 315 Å². The van der Waals surface area contributed by atoms with Crippen molar-refractivity contribution in [3.05, 3.63) is 162 Å². The molecule has 0 atom stereocenters. The van der Waals surface area contributed by atoms with E-state index >= 15 is 0 Å². The molecular formula is C45H35O8S+. The van der Waals surface area contributed by atoms with Crippen LogP contribution in [0.4, 0.5) is 0 Å². The third-order valence-corrected chi connectivity index (χ3v) is 11.2. The third-order valence-electron chi connectivity index (χ3n) is 8.99. The van der Waals surface area contributed by atoms with Gasteiger partial charge in [-0.2, -0.15) is 0 Å². The highest BCUT2D eigenvalue weighted by Crippen LogP contribution is 2.57. The number of hydrogen-bond acceptors (Lipinski definition) is 8. The molecule has 0 N–H and O–H groups in total. The number of ether oxygens (including phenoxy) is 4. The SMILES string of the molecule is CC(=O)Oc1ccc([S+](c2ccc(OC(C)=O)cc2)c2ccc3c(c2)C(c2ccc(OC(C)=O)cc2)(c2ccc(OC(C)=O)cc2)c2ccccc2-3)cc1. The first kappa shape index (κ1) is 35.9. The minimum Gasteiger partial charge on any atom is -0.427 e. The van der Waals surface area contributed by atoms with Crippen LogP contribution in [0.15, 0.2) is 154 Å². The van der Waals surface area contributed by atoms with Gasteiger partial charge in [-0.05, 0) is 124 Å². The van der Waals surface area contributed by atoms with Crippen molar-refractivity contribution in [3.8, 4) is 34.1 Å². The Morgan fingerprint density at radius 3 is 1.17 bits per heavy atom. The van der Waals surface area contributed by atoms with Crippen LogP contribution in [0.5, 0.6) is 23.0 Å². The fourth-order valence-corrected chi connectivity index (χ4v) is 9.15. The molecule has 268 valence electrons. The van der Waals surface area contributed by atoms with E-state index in [-0.39, 0.29) is 0 Å². The molecule has 0 aromatic heterocycles. The van der Waals surface area contributed by atoms with Crippen LogP contribution in [-0.4, -0.2) is 23.9 Å². The summed E-state index contributed by atoms with van der Waals surface area (Å²) in [6.45, 7) is 5.48. The van der Waals surface area contributed by atoms with Crippen LogP contribution in [-0.2, 0) is 35.5 Å². The van der Waals surface area contributed by atoms with Crippen LogP contribution < -0.4 is 18.9 Å². The molecule has 54 heavy (non-hydrogen) atoms. The zero-order valence-electron chi connectivity index (χ0n) is 30.0. The zero-order chi connectivity index (χ0) is 38.0. The van der Waals surface area contributed by atoms with Crippen molar-refractivity contribution < 1.29 is 38.1 Å². The Bertz CT molecular complexity index is 2260. The molecule has 6 aromatic carbocycles. The lowest BCUT2D eigenvalue weighted by molar-refractivity contribution is -0.132. The molecule has 1 aliphatic rings. The van der Waals surface area contributed by atoms with E-state index in [9.17, 15) is 19.2 Å². The van der Waals surface area contributed by atoms with Gasteiger partial charge in [-0.3, -0.25) is 19.2 Å².